The first-order chi connectivity index (χ1) is 11.4. The van der Waals surface area contributed by atoms with Crippen LogP contribution < -0.4 is 4.74 Å². The molecular formula is C15H16N6O2. The van der Waals surface area contributed by atoms with Gasteiger partial charge in [-0.2, -0.15) is 10.2 Å². The van der Waals surface area contributed by atoms with Crippen LogP contribution in [0.15, 0.2) is 24.8 Å². The smallest absolute Gasteiger partial charge is 0.316 e. The number of nitrogens with zero attached hydrogens (tertiary/aromatic N) is 5. The van der Waals surface area contributed by atoms with Crippen molar-refractivity contribution in [2.45, 2.75) is 12.8 Å². The molecule has 1 aliphatic rings. The van der Waals surface area contributed by atoms with E-state index in [4.69, 9.17) is 14.6 Å². The second-order valence-electron chi connectivity index (χ2n) is 5.21. The van der Waals surface area contributed by atoms with Crippen molar-refractivity contribution < 1.29 is 9.47 Å². The monoisotopic (exact) mass is 312 g/mol. The van der Waals surface area contributed by atoms with E-state index in [1.807, 2.05) is 10.9 Å². The molecule has 0 radical (unpaired) electrons. The van der Waals surface area contributed by atoms with E-state index in [0.29, 0.717) is 19.2 Å². The summed E-state index contributed by atoms with van der Waals surface area (Å²) in [7, 11) is 1.54. The first kappa shape index (κ1) is 13.9. The zero-order valence-corrected chi connectivity index (χ0v) is 12.7. The van der Waals surface area contributed by atoms with Crippen LogP contribution in [-0.4, -0.2) is 50.3 Å². The fourth-order valence-electron chi connectivity index (χ4n) is 2.79. The molecule has 1 aliphatic heterocycles. The number of aromatic amines is 1. The van der Waals surface area contributed by atoms with E-state index in [0.717, 1.165) is 35.5 Å². The topological polar surface area (TPSA) is 90.7 Å². The van der Waals surface area contributed by atoms with Gasteiger partial charge < -0.3 is 9.47 Å². The van der Waals surface area contributed by atoms with Gasteiger partial charge in [-0.3, -0.25) is 5.10 Å². The molecule has 0 atom stereocenters. The van der Waals surface area contributed by atoms with Gasteiger partial charge in [0.1, 0.15) is 5.69 Å². The fourth-order valence-corrected chi connectivity index (χ4v) is 2.79. The van der Waals surface area contributed by atoms with Gasteiger partial charge >= 0.3 is 6.01 Å². The Balaban J connectivity index is 1.88. The molecule has 3 aromatic rings. The Hall–Kier alpha value is -2.74. The van der Waals surface area contributed by atoms with E-state index in [1.165, 1.54) is 5.56 Å². The van der Waals surface area contributed by atoms with Gasteiger partial charge in [0.05, 0.1) is 50.3 Å². The van der Waals surface area contributed by atoms with Crippen molar-refractivity contribution >= 4 is 0 Å². The summed E-state index contributed by atoms with van der Waals surface area (Å²) in [6.45, 7) is 1.39. The number of H-pyrrole nitrogens is 1. The fraction of sp³-hybridized carbons (Fsp3) is 0.333. The maximum Gasteiger partial charge on any atom is 0.316 e. The molecule has 3 aromatic heterocycles. The molecule has 0 saturated heterocycles. The third kappa shape index (κ3) is 2.46. The highest BCUT2D eigenvalue weighted by molar-refractivity contribution is 5.65. The minimum absolute atomic E-state index is 0.334. The maximum atomic E-state index is 5.57. The predicted octanol–water partition coefficient (Wildman–Crippen LogP) is 1.18. The van der Waals surface area contributed by atoms with Crippen LogP contribution in [-0.2, 0) is 17.6 Å². The van der Waals surface area contributed by atoms with Gasteiger partial charge in [0.25, 0.3) is 0 Å². The summed E-state index contributed by atoms with van der Waals surface area (Å²) >= 11 is 0. The van der Waals surface area contributed by atoms with Crippen LogP contribution in [0.25, 0.3) is 16.9 Å². The second-order valence-corrected chi connectivity index (χ2v) is 5.21. The van der Waals surface area contributed by atoms with E-state index >= 15 is 0 Å². The molecule has 4 rings (SSSR count). The Labute approximate surface area is 132 Å². The van der Waals surface area contributed by atoms with Crippen LogP contribution in [0.5, 0.6) is 6.01 Å². The minimum Gasteiger partial charge on any atom is -0.467 e. The summed E-state index contributed by atoms with van der Waals surface area (Å²) in [6.07, 6.45) is 8.70. The molecule has 8 nitrogen and oxygen atoms in total. The Kier molecular flexibility index (Phi) is 3.51. The minimum atomic E-state index is 0.334. The van der Waals surface area contributed by atoms with Crippen LogP contribution in [0.2, 0.25) is 0 Å². The highest BCUT2D eigenvalue weighted by atomic mass is 16.5. The van der Waals surface area contributed by atoms with E-state index < -0.39 is 0 Å². The SMILES string of the molecule is COc1ncc(-n2nc3c(c2-c2cn[nH]c2)CCOCC3)cn1. The number of fused-ring (bicyclic) bond motifs is 1. The molecule has 0 spiro atoms. The molecule has 4 heterocycles. The highest BCUT2D eigenvalue weighted by Gasteiger charge is 2.22. The third-order valence-corrected chi connectivity index (χ3v) is 3.86. The van der Waals surface area contributed by atoms with E-state index in [1.54, 1.807) is 25.7 Å². The molecule has 118 valence electrons. The zero-order chi connectivity index (χ0) is 15.6. The number of hydrogen-bond donors (Lipinski definition) is 1. The number of nitrogens with one attached hydrogen (secondary N) is 1. The van der Waals surface area contributed by atoms with Crippen LogP contribution in [0, 0.1) is 0 Å². The number of hydrogen-bond acceptors (Lipinski definition) is 6. The summed E-state index contributed by atoms with van der Waals surface area (Å²) in [5.41, 5.74) is 5.02. The van der Waals surface area contributed by atoms with Gasteiger partial charge in [-0.05, 0) is 6.42 Å². The number of aromatic nitrogens is 6. The average molecular weight is 312 g/mol. The molecule has 0 saturated carbocycles. The lowest BCUT2D eigenvalue weighted by Crippen LogP contribution is -2.04. The van der Waals surface area contributed by atoms with Crippen LogP contribution in [0.3, 0.4) is 0 Å². The van der Waals surface area contributed by atoms with E-state index in [2.05, 4.69) is 20.2 Å². The average Bonchev–Trinajstić information content (AvgIpc) is 3.17. The lowest BCUT2D eigenvalue weighted by molar-refractivity contribution is 0.146. The van der Waals surface area contributed by atoms with Gasteiger partial charge in [0, 0.05) is 23.7 Å². The van der Waals surface area contributed by atoms with Crippen LogP contribution >= 0.6 is 0 Å². The number of ether oxygens (including phenoxy) is 2. The van der Waals surface area contributed by atoms with Crippen molar-refractivity contribution in [1.82, 2.24) is 29.9 Å². The van der Waals surface area contributed by atoms with Crippen molar-refractivity contribution in [3.05, 3.63) is 36.0 Å². The standard InChI is InChI=1S/C15H16N6O2/c1-22-15-16-8-11(9-17-15)21-14(10-6-18-19-7-10)12-2-4-23-5-3-13(12)20-21/h6-9H,2-5H2,1H3,(H,18,19). The molecule has 0 fully saturated rings. The lowest BCUT2D eigenvalue weighted by Gasteiger charge is -2.08. The Bertz CT molecular complexity index is 794. The molecule has 0 aromatic carbocycles. The summed E-state index contributed by atoms with van der Waals surface area (Å²) in [4.78, 5) is 8.36. The molecular weight excluding hydrogens is 296 g/mol. The maximum absolute atomic E-state index is 5.57. The van der Waals surface area contributed by atoms with Crippen molar-refractivity contribution in [3.8, 4) is 23.0 Å². The summed E-state index contributed by atoms with van der Waals surface area (Å²) in [6, 6.07) is 0.334. The molecule has 23 heavy (non-hydrogen) atoms. The van der Waals surface area contributed by atoms with Gasteiger partial charge in [0.2, 0.25) is 0 Å². The van der Waals surface area contributed by atoms with Crippen LogP contribution in [0.1, 0.15) is 11.3 Å². The molecule has 8 heteroatoms. The summed E-state index contributed by atoms with van der Waals surface area (Å²) in [5.74, 6) is 0. The largest absolute Gasteiger partial charge is 0.467 e. The first-order valence-electron chi connectivity index (χ1n) is 7.41. The summed E-state index contributed by atoms with van der Waals surface area (Å²) < 4.78 is 12.5. The Morgan fingerprint density at radius 2 is 2.00 bits per heavy atom. The predicted molar refractivity (Wildman–Crippen MR) is 81.5 cm³/mol. The number of methoxy groups -OCH3 is 1. The number of rotatable bonds is 3. The first-order valence-corrected chi connectivity index (χ1v) is 7.41. The van der Waals surface area contributed by atoms with Gasteiger partial charge in [-0.1, -0.05) is 0 Å². The van der Waals surface area contributed by atoms with Gasteiger partial charge in [-0.15, -0.1) is 0 Å². The molecule has 0 amide bonds. The molecule has 1 N–H and O–H groups in total. The highest BCUT2D eigenvalue weighted by Crippen LogP contribution is 2.30. The lowest BCUT2D eigenvalue weighted by atomic mass is 10.1. The van der Waals surface area contributed by atoms with E-state index in [-0.39, 0.29) is 0 Å². The van der Waals surface area contributed by atoms with Gasteiger partial charge in [-0.25, -0.2) is 14.6 Å². The normalized spacial score (nSPS) is 14.3. The van der Waals surface area contributed by atoms with Crippen molar-refractivity contribution in [1.29, 1.82) is 0 Å². The van der Waals surface area contributed by atoms with Crippen LogP contribution in [0.4, 0.5) is 0 Å². The molecule has 0 unspecified atom stereocenters. The van der Waals surface area contributed by atoms with Gasteiger partial charge in [0.15, 0.2) is 0 Å². The zero-order valence-electron chi connectivity index (χ0n) is 12.7. The Morgan fingerprint density at radius 3 is 2.74 bits per heavy atom. The molecule has 0 bridgehead atoms. The van der Waals surface area contributed by atoms with Crippen molar-refractivity contribution in [3.63, 3.8) is 0 Å². The third-order valence-electron chi connectivity index (χ3n) is 3.86. The van der Waals surface area contributed by atoms with Crippen molar-refractivity contribution in [2.24, 2.45) is 0 Å². The Morgan fingerprint density at radius 1 is 1.17 bits per heavy atom. The second kappa shape index (κ2) is 5.81. The van der Waals surface area contributed by atoms with Crippen molar-refractivity contribution in [2.75, 3.05) is 20.3 Å². The summed E-state index contributed by atoms with van der Waals surface area (Å²) in [5, 5.41) is 11.7. The van der Waals surface area contributed by atoms with E-state index in [9.17, 15) is 0 Å². The quantitative estimate of drug-likeness (QED) is 0.781. The molecule has 0 aliphatic carbocycles.